The zero-order chi connectivity index (χ0) is 27.7. The number of hydrogen-bond donors (Lipinski definition) is 1. The standard InChI is InChI=1S/C35H39NO4/c1-35-18-17-26-27(29(35)15-16-32(35)36-33(37)19-23-9-5-3-6-10-23)14-13-25-21-31(30(39-2)22-28(25)26)40-34(38)20-24-11-7-4-8-12-24/h3-12,21-22,26-27,29,32H,13-20H2,1-2H3,(H,36,37)/t26?,27?,29?,32-,35-/m0/s1. The fourth-order valence-corrected chi connectivity index (χ4v) is 8.00. The molecule has 3 aromatic rings. The second kappa shape index (κ2) is 11.1. The van der Waals surface area contributed by atoms with Gasteiger partial charge in [-0.2, -0.15) is 0 Å². The second-order valence-electron chi connectivity index (χ2n) is 12.2. The number of benzene rings is 3. The number of amides is 1. The van der Waals surface area contributed by atoms with Crippen LogP contribution >= 0.6 is 0 Å². The molecule has 5 nitrogen and oxygen atoms in total. The van der Waals surface area contributed by atoms with Crippen LogP contribution in [0.25, 0.3) is 0 Å². The summed E-state index contributed by atoms with van der Waals surface area (Å²) < 4.78 is 11.6. The lowest BCUT2D eigenvalue weighted by Crippen LogP contribution is -2.50. The van der Waals surface area contributed by atoms with Crippen molar-refractivity contribution < 1.29 is 19.1 Å². The Morgan fingerprint density at radius 1 is 0.875 bits per heavy atom. The molecule has 0 aromatic heterocycles. The molecule has 0 saturated heterocycles. The van der Waals surface area contributed by atoms with E-state index in [1.54, 1.807) is 7.11 Å². The van der Waals surface area contributed by atoms with Crippen molar-refractivity contribution in [2.24, 2.45) is 17.3 Å². The van der Waals surface area contributed by atoms with Crippen LogP contribution in [0.15, 0.2) is 72.8 Å². The van der Waals surface area contributed by atoms with E-state index in [2.05, 4.69) is 18.3 Å². The molecule has 0 radical (unpaired) electrons. The van der Waals surface area contributed by atoms with Gasteiger partial charge in [0.15, 0.2) is 11.5 Å². The summed E-state index contributed by atoms with van der Waals surface area (Å²) in [5.41, 5.74) is 4.76. The summed E-state index contributed by atoms with van der Waals surface area (Å²) in [6.45, 7) is 2.42. The molecular formula is C35H39NO4. The van der Waals surface area contributed by atoms with Gasteiger partial charge in [0.05, 0.1) is 20.0 Å². The van der Waals surface area contributed by atoms with Gasteiger partial charge >= 0.3 is 5.97 Å². The molecule has 3 aliphatic rings. The zero-order valence-corrected chi connectivity index (χ0v) is 23.5. The van der Waals surface area contributed by atoms with E-state index in [1.807, 2.05) is 66.7 Å². The Morgan fingerprint density at radius 2 is 1.57 bits per heavy atom. The normalized spacial score (nSPS) is 26.6. The van der Waals surface area contributed by atoms with Crippen LogP contribution in [0, 0.1) is 17.3 Å². The van der Waals surface area contributed by atoms with E-state index < -0.39 is 0 Å². The topological polar surface area (TPSA) is 64.6 Å². The van der Waals surface area contributed by atoms with Crippen molar-refractivity contribution in [2.45, 2.75) is 70.3 Å². The largest absolute Gasteiger partial charge is 0.493 e. The molecule has 2 saturated carbocycles. The fraction of sp³-hybridized carbons (Fsp3) is 0.429. The first-order chi connectivity index (χ1) is 19.4. The number of fused-ring (bicyclic) bond motifs is 5. The van der Waals surface area contributed by atoms with E-state index in [1.165, 1.54) is 11.1 Å². The molecule has 3 aliphatic carbocycles. The minimum Gasteiger partial charge on any atom is -0.493 e. The van der Waals surface area contributed by atoms with Crippen LogP contribution in [0.4, 0.5) is 0 Å². The third-order valence-corrected chi connectivity index (χ3v) is 9.97. The van der Waals surface area contributed by atoms with Gasteiger partial charge in [0.25, 0.3) is 0 Å². The second-order valence-corrected chi connectivity index (χ2v) is 12.2. The summed E-state index contributed by atoms with van der Waals surface area (Å²) >= 11 is 0. The van der Waals surface area contributed by atoms with Crippen molar-refractivity contribution >= 4 is 11.9 Å². The van der Waals surface area contributed by atoms with Gasteiger partial charge in [0, 0.05) is 6.04 Å². The maximum atomic E-state index is 13.0. The lowest BCUT2D eigenvalue weighted by molar-refractivity contribution is -0.133. The maximum Gasteiger partial charge on any atom is 0.315 e. The van der Waals surface area contributed by atoms with Gasteiger partial charge in [0.2, 0.25) is 5.91 Å². The number of methoxy groups -OCH3 is 1. The van der Waals surface area contributed by atoms with Gasteiger partial charge in [-0.1, -0.05) is 67.6 Å². The van der Waals surface area contributed by atoms with E-state index in [0.717, 1.165) is 49.7 Å². The zero-order valence-electron chi connectivity index (χ0n) is 23.5. The third-order valence-electron chi connectivity index (χ3n) is 9.97. The molecule has 5 atom stereocenters. The quantitative estimate of drug-likeness (QED) is 0.279. The molecule has 40 heavy (non-hydrogen) atoms. The highest BCUT2D eigenvalue weighted by atomic mass is 16.6. The molecule has 0 heterocycles. The smallest absolute Gasteiger partial charge is 0.315 e. The van der Waals surface area contributed by atoms with Crippen molar-refractivity contribution in [3.05, 3.63) is 95.1 Å². The molecular weight excluding hydrogens is 498 g/mol. The van der Waals surface area contributed by atoms with Crippen LogP contribution in [-0.2, 0) is 28.9 Å². The summed E-state index contributed by atoms with van der Waals surface area (Å²) in [5.74, 6) is 2.67. The number of hydrogen-bond acceptors (Lipinski definition) is 4. The molecule has 3 aromatic carbocycles. The fourth-order valence-electron chi connectivity index (χ4n) is 8.00. The molecule has 0 bridgehead atoms. The number of esters is 1. The van der Waals surface area contributed by atoms with Gasteiger partial charge < -0.3 is 14.8 Å². The average molecular weight is 538 g/mol. The van der Waals surface area contributed by atoms with E-state index in [9.17, 15) is 9.59 Å². The van der Waals surface area contributed by atoms with Gasteiger partial charge in [-0.05, 0) is 96.1 Å². The Kier molecular flexibility index (Phi) is 7.39. The first-order valence-corrected chi connectivity index (χ1v) is 14.7. The molecule has 3 unspecified atom stereocenters. The van der Waals surface area contributed by atoms with Crippen molar-refractivity contribution in [2.75, 3.05) is 7.11 Å². The predicted molar refractivity (Wildman–Crippen MR) is 155 cm³/mol. The van der Waals surface area contributed by atoms with Crippen LogP contribution in [0.3, 0.4) is 0 Å². The lowest BCUT2D eigenvalue weighted by Gasteiger charge is -2.51. The van der Waals surface area contributed by atoms with Crippen LogP contribution in [-0.4, -0.2) is 25.0 Å². The average Bonchev–Trinajstić information content (AvgIpc) is 3.29. The molecule has 208 valence electrons. The van der Waals surface area contributed by atoms with Gasteiger partial charge in [-0.25, -0.2) is 0 Å². The highest BCUT2D eigenvalue weighted by Crippen LogP contribution is 2.61. The Labute approximate surface area is 237 Å². The summed E-state index contributed by atoms with van der Waals surface area (Å²) in [6, 6.07) is 24.1. The lowest BCUT2D eigenvalue weighted by atomic mass is 9.55. The van der Waals surface area contributed by atoms with E-state index in [-0.39, 0.29) is 29.8 Å². The van der Waals surface area contributed by atoms with Crippen LogP contribution < -0.4 is 14.8 Å². The number of carbonyl (C=O) groups is 2. The number of nitrogens with one attached hydrogen (secondary N) is 1. The Bertz CT molecular complexity index is 1370. The minimum atomic E-state index is -0.280. The number of aryl methyl sites for hydroxylation is 1. The first kappa shape index (κ1) is 26.6. The van der Waals surface area contributed by atoms with E-state index >= 15 is 0 Å². The molecule has 1 amide bonds. The first-order valence-electron chi connectivity index (χ1n) is 14.7. The van der Waals surface area contributed by atoms with E-state index in [0.29, 0.717) is 35.7 Å². The van der Waals surface area contributed by atoms with Gasteiger partial charge in [0.1, 0.15) is 0 Å². The summed E-state index contributed by atoms with van der Waals surface area (Å²) in [6.07, 6.45) is 7.20. The third kappa shape index (κ3) is 5.14. The number of ether oxygens (including phenoxy) is 2. The summed E-state index contributed by atoms with van der Waals surface area (Å²) in [4.78, 5) is 25.7. The molecule has 1 N–H and O–H groups in total. The Hall–Kier alpha value is -3.60. The van der Waals surface area contributed by atoms with Crippen molar-refractivity contribution in [3.63, 3.8) is 0 Å². The molecule has 0 aliphatic heterocycles. The van der Waals surface area contributed by atoms with Gasteiger partial charge in [-0.3, -0.25) is 9.59 Å². The minimum absolute atomic E-state index is 0.127. The maximum absolute atomic E-state index is 13.0. The predicted octanol–water partition coefficient (Wildman–Crippen LogP) is 6.43. The van der Waals surface area contributed by atoms with Crippen LogP contribution in [0.1, 0.15) is 67.2 Å². The van der Waals surface area contributed by atoms with Crippen molar-refractivity contribution in [1.29, 1.82) is 0 Å². The SMILES string of the molecule is COc1cc2c(cc1OC(=O)Cc1ccccc1)CCC1C2CC[C@@]2(C)C1CC[C@@H]2NC(=O)Cc1ccccc1. The monoisotopic (exact) mass is 537 g/mol. The number of rotatable bonds is 7. The molecule has 5 heteroatoms. The van der Waals surface area contributed by atoms with Crippen LogP contribution in [0.2, 0.25) is 0 Å². The number of carbonyl (C=O) groups excluding carboxylic acids is 2. The Balaban J connectivity index is 1.16. The molecule has 6 rings (SSSR count). The van der Waals surface area contributed by atoms with Crippen molar-refractivity contribution in [3.8, 4) is 11.5 Å². The molecule has 2 fully saturated rings. The van der Waals surface area contributed by atoms with Crippen LogP contribution in [0.5, 0.6) is 11.5 Å². The summed E-state index contributed by atoms with van der Waals surface area (Å²) in [7, 11) is 1.65. The highest BCUT2D eigenvalue weighted by Gasteiger charge is 2.55. The Morgan fingerprint density at radius 3 is 2.27 bits per heavy atom. The molecule has 0 spiro atoms. The van der Waals surface area contributed by atoms with E-state index in [4.69, 9.17) is 9.47 Å². The summed E-state index contributed by atoms with van der Waals surface area (Å²) in [5, 5.41) is 3.44. The van der Waals surface area contributed by atoms with Gasteiger partial charge in [-0.15, -0.1) is 0 Å². The van der Waals surface area contributed by atoms with Crippen molar-refractivity contribution in [1.82, 2.24) is 5.32 Å². The highest BCUT2D eigenvalue weighted by molar-refractivity contribution is 5.79.